The summed E-state index contributed by atoms with van der Waals surface area (Å²) in [7, 11) is 1.19. The number of esters is 1. The summed E-state index contributed by atoms with van der Waals surface area (Å²) in [5.41, 5.74) is -0.318. The molecule has 1 heterocycles. The van der Waals surface area contributed by atoms with Crippen LogP contribution in [0.25, 0.3) is 0 Å². The summed E-state index contributed by atoms with van der Waals surface area (Å²) in [6, 6.07) is -1.09. The first-order valence-corrected chi connectivity index (χ1v) is 6.72. The Morgan fingerprint density at radius 2 is 2.23 bits per heavy atom. The van der Waals surface area contributed by atoms with Crippen molar-refractivity contribution in [1.29, 1.82) is 0 Å². The number of hydrogen-bond donors (Lipinski definition) is 0. The van der Waals surface area contributed by atoms with Gasteiger partial charge in [0.15, 0.2) is 6.04 Å². The second-order valence-electron chi connectivity index (χ2n) is 5.51. The van der Waals surface area contributed by atoms with Crippen molar-refractivity contribution in [3.63, 3.8) is 0 Å². The van der Waals surface area contributed by atoms with E-state index in [4.69, 9.17) is 4.74 Å². The van der Waals surface area contributed by atoms with Crippen molar-refractivity contribution in [2.24, 2.45) is 4.99 Å². The summed E-state index contributed by atoms with van der Waals surface area (Å²) < 4.78 is 23.2. The van der Waals surface area contributed by atoms with E-state index in [2.05, 4.69) is 20.0 Å². The number of carbonyl (C=O) groups is 1. The minimum atomic E-state index is -1.09. The largest absolute Gasteiger partial charge is 0.595 e. The Morgan fingerprint density at radius 1 is 1.55 bits per heavy atom. The maximum absolute atomic E-state index is 12.2. The fourth-order valence-electron chi connectivity index (χ4n) is 1.56. The standard InChI is InChI=1S/C13H21FN4O4/c1-13(2,3)22-12(20)15-10(11(19)21-4)7-9-8-18(6-5-14)17-16-9/h8,10H,5-7H2,1-4H3,(H,15,20)/p-1. The fourth-order valence-corrected chi connectivity index (χ4v) is 1.56. The van der Waals surface area contributed by atoms with Crippen LogP contribution in [-0.4, -0.2) is 52.5 Å². The molecule has 0 saturated heterocycles. The van der Waals surface area contributed by atoms with Crippen LogP contribution in [0.3, 0.4) is 0 Å². The number of aryl methyl sites for hydroxylation is 1. The fraction of sp³-hybridized carbons (Fsp3) is 0.692. The first kappa shape index (κ1) is 17.9. The average Bonchev–Trinajstić information content (AvgIpc) is 2.82. The van der Waals surface area contributed by atoms with Gasteiger partial charge in [-0.05, 0) is 0 Å². The van der Waals surface area contributed by atoms with Crippen LogP contribution >= 0.6 is 0 Å². The molecule has 1 unspecified atom stereocenters. The zero-order chi connectivity index (χ0) is 16.8. The van der Waals surface area contributed by atoms with E-state index in [1.807, 2.05) is 0 Å². The minimum absolute atomic E-state index is 0.0121. The highest BCUT2D eigenvalue weighted by Crippen LogP contribution is 2.09. The van der Waals surface area contributed by atoms with Crippen molar-refractivity contribution in [2.75, 3.05) is 13.8 Å². The van der Waals surface area contributed by atoms with Crippen LogP contribution in [0.4, 0.5) is 4.39 Å². The van der Waals surface area contributed by atoms with Gasteiger partial charge in [-0.15, -0.1) is 5.10 Å². The third-order valence-electron chi connectivity index (χ3n) is 2.43. The monoisotopic (exact) mass is 315 g/mol. The van der Waals surface area contributed by atoms with Crippen LogP contribution in [0.2, 0.25) is 0 Å². The van der Waals surface area contributed by atoms with Crippen molar-refractivity contribution in [2.45, 2.75) is 45.4 Å². The summed E-state index contributed by atoms with van der Waals surface area (Å²) in [4.78, 5) is 15.4. The van der Waals surface area contributed by atoms with Gasteiger partial charge < -0.3 is 14.6 Å². The molecule has 0 N–H and O–H groups in total. The molecule has 0 saturated carbocycles. The van der Waals surface area contributed by atoms with E-state index in [-0.39, 0.29) is 13.0 Å². The highest BCUT2D eigenvalue weighted by Gasteiger charge is 2.21. The third kappa shape index (κ3) is 6.06. The van der Waals surface area contributed by atoms with E-state index in [0.29, 0.717) is 5.69 Å². The molecule has 0 aliphatic heterocycles. The molecule has 0 spiro atoms. The van der Waals surface area contributed by atoms with E-state index in [9.17, 15) is 14.3 Å². The number of hydrogen-bond acceptors (Lipinski definition) is 7. The molecule has 1 aromatic rings. The lowest BCUT2D eigenvalue weighted by molar-refractivity contribution is -0.261. The van der Waals surface area contributed by atoms with E-state index in [1.54, 1.807) is 20.8 Å². The maximum atomic E-state index is 12.2. The van der Waals surface area contributed by atoms with Crippen LogP contribution in [0, 0.1) is 0 Å². The van der Waals surface area contributed by atoms with E-state index < -0.39 is 30.4 Å². The maximum Gasteiger partial charge on any atom is 0.331 e. The topological polar surface area (TPSA) is 102 Å². The van der Waals surface area contributed by atoms with Gasteiger partial charge in [0.2, 0.25) is 0 Å². The van der Waals surface area contributed by atoms with Gasteiger partial charge in [-0.3, -0.25) is 4.99 Å². The summed E-state index contributed by atoms with van der Waals surface area (Å²) in [5.74, 6) is -0.689. The van der Waals surface area contributed by atoms with Crippen LogP contribution in [0.5, 0.6) is 0 Å². The SMILES string of the molecule is COC(=O)C(Cc1cn(CCF)nn1)N=C([O-])OC(C)(C)C. The molecular weight excluding hydrogens is 295 g/mol. The number of ether oxygens (including phenoxy) is 2. The van der Waals surface area contributed by atoms with Gasteiger partial charge in [0.25, 0.3) is 0 Å². The molecule has 0 amide bonds. The van der Waals surface area contributed by atoms with E-state index in [1.165, 1.54) is 18.0 Å². The number of aliphatic imine (C=N–C) groups is 1. The molecule has 0 bridgehead atoms. The van der Waals surface area contributed by atoms with Gasteiger partial charge >= 0.3 is 5.97 Å². The minimum Gasteiger partial charge on any atom is -0.595 e. The second-order valence-corrected chi connectivity index (χ2v) is 5.51. The van der Waals surface area contributed by atoms with Crippen molar-refractivity contribution >= 4 is 12.1 Å². The molecule has 0 radical (unpaired) electrons. The van der Waals surface area contributed by atoms with Gasteiger partial charge in [0, 0.05) is 18.2 Å². The normalized spacial score (nSPS) is 13.8. The smallest absolute Gasteiger partial charge is 0.331 e. The van der Waals surface area contributed by atoms with Crippen LogP contribution in [0.15, 0.2) is 11.2 Å². The Hall–Kier alpha value is -2.19. The number of aromatic nitrogens is 3. The van der Waals surface area contributed by atoms with Gasteiger partial charge in [0.1, 0.15) is 12.8 Å². The summed E-state index contributed by atoms with van der Waals surface area (Å²) >= 11 is 0. The van der Waals surface area contributed by atoms with Crippen LogP contribution in [0.1, 0.15) is 26.5 Å². The lowest BCUT2D eigenvalue weighted by atomic mass is 10.2. The first-order valence-electron chi connectivity index (χ1n) is 6.72. The molecule has 0 aliphatic carbocycles. The Kier molecular flexibility index (Phi) is 6.26. The summed E-state index contributed by atoms with van der Waals surface area (Å²) in [6.07, 6.45) is 0.636. The van der Waals surface area contributed by atoms with Crippen molar-refractivity contribution < 1.29 is 23.8 Å². The molecule has 0 fully saturated rings. The molecular formula is C13H20FN4O4-. The Bertz CT molecular complexity index is 524. The molecule has 0 aliphatic rings. The van der Waals surface area contributed by atoms with Crippen LogP contribution in [-0.2, 0) is 27.2 Å². The molecule has 9 heteroatoms. The highest BCUT2D eigenvalue weighted by atomic mass is 19.1. The van der Waals surface area contributed by atoms with Crippen molar-refractivity contribution in [1.82, 2.24) is 15.0 Å². The Balaban J connectivity index is 2.84. The van der Waals surface area contributed by atoms with E-state index >= 15 is 0 Å². The lowest BCUT2D eigenvalue weighted by Crippen LogP contribution is -2.35. The lowest BCUT2D eigenvalue weighted by Gasteiger charge is -2.30. The van der Waals surface area contributed by atoms with Crippen molar-refractivity contribution in [3.8, 4) is 0 Å². The van der Waals surface area contributed by atoms with Gasteiger partial charge in [-0.2, -0.15) is 0 Å². The quantitative estimate of drug-likeness (QED) is 0.411. The summed E-state index contributed by atoms with van der Waals surface area (Å²) in [6.45, 7) is 4.56. The summed E-state index contributed by atoms with van der Waals surface area (Å²) in [5, 5.41) is 19.2. The Labute approximate surface area is 127 Å². The number of carbonyl (C=O) groups excluding carboxylic acids is 1. The molecule has 8 nitrogen and oxygen atoms in total. The first-order chi connectivity index (χ1) is 10.2. The molecule has 0 aromatic carbocycles. The number of alkyl halides is 1. The molecule has 22 heavy (non-hydrogen) atoms. The number of nitrogens with zero attached hydrogens (tertiary/aromatic N) is 4. The Morgan fingerprint density at radius 3 is 2.77 bits per heavy atom. The van der Waals surface area contributed by atoms with Gasteiger partial charge in [-0.1, -0.05) is 26.0 Å². The van der Waals surface area contributed by atoms with E-state index in [0.717, 1.165) is 0 Å². The average molecular weight is 315 g/mol. The molecule has 1 atom stereocenters. The number of halogens is 1. The van der Waals surface area contributed by atoms with Crippen molar-refractivity contribution in [3.05, 3.63) is 11.9 Å². The predicted molar refractivity (Wildman–Crippen MR) is 73.8 cm³/mol. The zero-order valence-corrected chi connectivity index (χ0v) is 13.1. The van der Waals surface area contributed by atoms with Gasteiger partial charge in [-0.25, -0.2) is 13.9 Å². The molecule has 124 valence electrons. The number of rotatable bonds is 6. The number of methoxy groups -OCH3 is 1. The molecule has 1 rings (SSSR count). The highest BCUT2D eigenvalue weighted by molar-refractivity contribution is 5.79. The van der Waals surface area contributed by atoms with Gasteiger partial charge in [0.05, 0.1) is 19.3 Å². The zero-order valence-electron chi connectivity index (χ0n) is 13.1. The third-order valence-corrected chi connectivity index (χ3v) is 2.43. The molecule has 1 aromatic heterocycles. The second kappa shape index (κ2) is 7.71. The van der Waals surface area contributed by atoms with Crippen LogP contribution < -0.4 is 5.11 Å². The predicted octanol–water partition coefficient (Wildman–Crippen LogP) is -0.137.